The Balaban J connectivity index is 2.60. The van der Waals surface area contributed by atoms with Crippen LogP contribution in [0.3, 0.4) is 0 Å². The highest BCUT2D eigenvalue weighted by Crippen LogP contribution is 2.16. The Kier molecular flexibility index (Phi) is 5.41. The molecule has 94 valence electrons. The lowest BCUT2D eigenvalue weighted by atomic mass is 10.1. The molecule has 0 bridgehead atoms. The molecule has 0 saturated heterocycles. The van der Waals surface area contributed by atoms with Gasteiger partial charge in [-0.3, -0.25) is 4.79 Å². The Morgan fingerprint density at radius 1 is 1.53 bits per heavy atom. The summed E-state index contributed by atoms with van der Waals surface area (Å²) >= 11 is 3.35. The standard InChI is InChI=1S/C12H17BrN2O2/c1-4-17-10-6-5-9(7-14-10)15-12(16)11(13)8(2)3/h5-8,11H,4H2,1-3H3,(H,15,16). The van der Waals surface area contributed by atoms with Crippen molar-refractivity contribution in [3.05, 3.63) is 18.3 Å². The minimum Gasteiger partial charge on any atom is -0.478 e. The summed E-state index contributed by atoms with van der Waals surface area (Å²) in [6.07, 6.45) is 1.59. The Hall–Kier alpha value is -1.10. The second-order valence-corrected chi connectivity index (χ2v) is 4.94. The number of halogens is 1. The molecule has 0 spiro atoms. The number of carbonyl (C=O) groups excluding carboxylic acids is 1. The number of anilines is 1. The summed E-state index contributed by atoms with van der Waals surface area (Å²) in [6.45, 7) is 6.44. The van der Waals surface area contributed by atoms with Gasteiger partial charge in [-0.15, -0.1) is 0 Å². The molecular weight excluding hydrogens is 284 g/mol. The van der Waals surface area contributed by atoms with Gasteiger partial charge in [-0.2, -0.15) is 0 Å². The van der Waals surface area contributed by atoms with Crippen molar-refractivity contribution in [2.45, 2.75) is 25.6 Å². The maximum absolute atomic E-state index is 11.7. The molecule has 4 nitrogen and oxygen atoms in total. The first-order chi connectivity index (χ1) is 8.04. The number of nitrogens with one attached hydrogen (secondary N) is 1. The molecule has 1 amide bonds. The van der Waals surface area contributed by atoms with Crippen LogP contribution in [0.25, 0.3) is 0 Å². The predicted molar refractivity (Wildman–Crippen MR) is 71.6 cm³/mol. The van der Waals surface area contributed by atoms with E-state index in [4.69, 9.17) is 4.74 Å². The minimum atomic E-state index is -0.200. The molecule has 0 aliphatic carbocycles. The molecule has 1 N–H and O–H groups in total. The van der Waals surface area contributed by atoms with E-state index in [0.717, 1.165) is 0 Å². The second kappa shape index (κ2) is 6.59. The summed E-state index contributed by atoms with van der Waals surface area (Å²) in [5.41, 5.74) is 0.670. The molecule has 1 atom stereocenters. The number of pyridine rings is 1. The van der Waals surface area contributed by atoms with Gasteiger partial charge in [-0.25, -0.2) is 4.98 Å². The van der Waals surface area contributed by atoms with Crippen molar-refractivity contribution in [2.24, 2.45) is 5.92 Å². The average molecular weight is 301 g/mol. The van der Waals surface area contributed by atoms with Crippen molar-refractivity contribution in [3.63, 3.8) is 0 Å². The molecule has 1 aromatic rings. The number of rotatable bonds is 5. The van der Waals surface area contributed by atoms with Crippen LogP contribution in [0.5, 0.6) is 5.88 Å². The topological polar surface area (TPSA) is 51.2 Å². The van der Waals surface area contributed by atoms with Gasteiger partial charge in [0.05, 0.1) is 23.3 Å². The molecule has 0 saturated carbocycles. The van der Waals surface area contributed by atoms with Crippen molar-refractivity contribution in [2.75, 3.05) is 11.9 Å². The smallest absolute Gasteiger partial charge is 0.238 e. The number of amides is 1. The van der Waals surface area contributed by atoms with Crippen molar-refractivity contribution in [1.29, 1.82) is 0 Å². The number of nitrogens with zero attached hydrogens (tertiary/aromatic N) is 1. The molecule has 0 aliphatic heterocycles. The summed E-state index contributed by atoms with van der Waals surface area (Å²) in [5.74, 6) is 0.737. The highest BCUT2D eigenvalue weighted by Gasteiger charge is 2.18. The van der Waals surface area contributed by atoms with Gasteiger partial charge in [0.25, 0.3) is 0 Å². The van der Waals surface area contributed by atoms with Crippen molar-refractivity contribution in [1.82, 2.24) is 4.98 Å². The molecule has 1 aromatic heterocycles. The fourth-order valence-corrected chi connectivity index (χ4v) is 1.32. The lowest BCUT2D eigenvalue weighted by Crippen LogP contribution is -2.27. The van der Waals surface area contributed by atoms with Gasteiger partial charge in [0.15, 0.2) is 0 Å². The molecule has 1 rings (SSSR count). The number of carbonyl (C=O) groups is 1. The van der Waals surface area contributed by atoms with E-state index in [9.17, 15) is 4.79 Å². The van der Waals surface area contributed by atoms with E-state index in [0.29, 0.717) is 18.2 Å². The SMILES string of the molecule is CCOc1ccc(NC(=O)C(Br)C(C)C)cn1. The number of alkyl halides is 1. The van der Waals surface area contributed by atoms with E-state index in [1.54, 1.807) is 18.3 Å². The van der Waals surface area contributed by atoms with Gasteiger partial charge in [0.1, 0.15) is 0 Å². The normalized spacial score (nSPS) is 12.3. The Morgan fingerprint density at radius 2 is 2.24 bits per heavy atom. The van der Waals surface area contributed by atoms with Crippen LogP contribution < -0.4 is 10.1 Å². The summed E-state index contributed by atoms with van der Waals surface area (Å²) < 4.78 is 5.22. The number of hydrogen-bond donors (Lipinski definition) is 1. The summed E-state index contributed by atoms with van der Waals surface area (Å²) in [5, 5.41) is 2.79. The van der Waals surface area contributed by atoms with Gasteiger partial charge in [0.2, 0.25) is 11.8 Å². The van der Waals surface area contributed by atoms with E-state index in [1.165, 1.54) is 0 Å². The summed E-state index contributed by atoms with van der Waals surface area (Å²) in [7, 11) is 0. The molecule has 17 heavy (non-hydrogen) atoms. The van der Waals surface area contributed by atoms with Gasteiger partial charge >= 0.3 is 0 Å². The van der Waals surface area contributed by atoms with Crippen LogP contribution in [0.4, 0.5) is 5.69 Å². The molecule has 5 heteroatoms. The van der Waals surface area contributed by atoms with E-state index < -0.39 is 0 Å². The zero-order chi connectivity index (χ0) is 12.8. The van der Waals surface area contributed by atoms with Crippen molar-refractivity contribution in [3.8, 4) is 5.88 Å². The van der Waals surface area contributed by atoms with Crippen LogP contribution in [0.15, 0.2) is 18.3 Å². The van der Waals surface area contributed by atoms with Crippen LogP contribution in [0, 0.1) is 5.92 Å². The maximum atomic E-state index is 11.7. The van der Waals surface area contributed by atoms with Gasteiger partial charge in [0, 0.05) is 6.07 Å². The first kappa shape index (κ1) is 14.0. The number of ether oxygens (including phenoxy) is 1. The molecule has 0 aromatic carbocycles. The lowest BCUT2D eigenvalue weighted by molar-refractivity contribution is -0.116. The summed E-state index contributed by atoms with van der Waals surface area (Å²) in [6, 6.07) is 3.51. The summed E-state index contributed by atoms with van der Waals surface area (Å²) in [4.78, 5) is 15.6. The van der Waals surface area contributed by atoms with Crippen molar-refractivity contribution >= 4 is 27.5 Å². The molecule has 1 unspecified atom stereocenters. The zero-order valence-corrected chi connectivity index (χ0v) is 11.8. The maximum Gasteiger partial charge on any atom is 0.238 e. The molecule has 0 fully saturated rings. The predicted octanol–water partition coefficient (Wildman–Crippen LogP) is 2.84. The Morgan fingerprint density at radius 3 is 2.71 bits per heavy atom. The molecule has 1 heterocycles. The molecule has 0 radical (unpaired) electrons. The monoisotopic (exact) mass is 300 g/mol. The van der Waals surface area contributed by atoms with E-state index in [1.807, 2.05) is 20.8 Å². The number of hydrogen-bond acceptors (Lipinski definition) is 3. The van der Waals surface area contributed by atoms with Gasteiger partial charge < -0.3 is 10.1 Å². The zero-order valence-electron chi connectivity index (χ0n) is 10.2. The van der Waals surface area contributed by atoms with Crippen LogP contribution in [0.2, 0.25) is 0 Å². The molecule has 0 aliphatic rings. The molecular formula is C12H17BrN2O2. The van der Waals surface area contributed by atoms with E-state index >= 15 is 0 Å². The van der Waals surface area contributed by atoms with Crippen LogP contribution >= 0.6 is 15.9 Å². The van der Waals surface area contributed by atoms with Gasteiger partial charge in [-0.05, 0) is 18.9 Å². The van der Waals surface area contributed by atoms with Crippen LogP contribution in [-0.2, 0) is 4.79 Å². The first-order valence-corrected chi connectivity index (χ1v) is 6.50. The largest absolute Gasteiger partial charge is 0.478 e. The average Bonchev–Trinajstić information content (AvgIpc) is 2.30. The highest BCUT2D eigenvalue weighted by atomic mass is 79.9. The quantitative estimate of drug-likeness (QED) is 0.851. The third-order valence-corrected chi connectivity index (χ3v) is 3.61. The minimum absolute atomic E-state index is 0.0639. The second-order valence-electron chi connectivity index (χ2n) is 3.95. The number of aromatic nitrogens is 1. The highest BCUT2D eigenvalue weighted by molar-refractivity contribution is 9.10. The first-order valence-electron chi connectivity index (χ1n) is 5.58. The van der Waals surface area contributed by atoms with E-state index in [-0.39, 0.29) is 16.7 Å². The fourth-order valence-electron chi connectivity index (χ4n) is 1.20. The third kappa shape index (κ3) is 4.34. The van der Waals surface area contributed by atoms with Gasteiger partial charge in [-0.1, -0.05) is 29.8 Å². The van der Waals surface area contributed by atoms with Crippen LogP contribution in [0.1, 0.15) is 20.8 Å². The Bertz CT molecular complexity index is 365. The van der Waals surface area contributed by atoms with Crippen LogP contribution in [-0.4, -0.2) is 22.3 Å². The Labute approximate surface area is 110 Å². The fraction of sp³-hybridized carbons (Fsp3) is 0.500. The van der Waals surface area contributed by atoms with E-state index in [2.05, 4.69) is 26.2 Å². The third-order valence-electron chi connectivity index (χ3n) is 2.13. The lowest BCUT2D eigenvalue weighted by Gasteiger charge is -2.13. The van der Waals surface area contributed by atoms with Crippen molar-refractivity contribution < 1.29 is 9.53 Å².